The van der Waals surface area contributed by atoms with Gasteiger partial charge in [0.1, 0.15) is 12.1 Å². The lowest BCUT2D eigenvalue weighted by molar-refractivity contribution is -0.146. The number of fused-ring (bicyclic) bond motifs is 1. The van der Waals surface area contributed by atoms with Gasteiger partial charge < -0.3 is 15.3 Å². The van der Waals surface area contributed by atoms with Crippen LogP contribution in [-0.4, -0.2) is 40.4 Å². The summed E-state index contributed by atoms with van der Waals surface area (Å²) in [5.41, 5.74) is 0.694. The van der Waals surface area contributed by atoms with Gasteiger partial charge in [0.05, 0.1) is 10.0 Å². The second-order valence-corrected chi connectivity index (χ2v) is 6.18. The van der Waals surface area contributed by atoms with Crippen molar-refractivity contribution in [1.29, 1.82) is 0 Å². The lowest BCUT2D eigenvalue weighted by atomic mass is 10.0. The van der Waals surface area contributed by atoms with Crippen LogP contribution in [0, 0.1) is 0 Å². The third-order valence-corrected chi connectivity index (χ3v) is 4.55. The zero-order chi connectivity index (χ0) is 15.1. The van der Waals surface area contributed by atoms with Crippen molar-refractivity contribution in [2.45, 2.75) is 31.3 Å². The fourth-order valence-corrected chi connectivity index (χ4v) is 3.48. The fourth-order valence-electron chi connectivity index (χ4n) is 2.94. The molecule has 2 aliphatic heterocycles. The van der Waals surface area contributed by atoms with Gasteiger partial charge in [0.25, 0.3) is 0 Å². The Labute approximate surface area is 131 Å². The highest BCUT2D eigenvalue weighted by molar-refractivity contribution is 6.37. The first-order chi connectivity index (χ1) is 9.97. The van der Waals surface area contributed by atoms with E-state index in [1.54, 1.807) is 17.0 Å². The van der Waals surface area contributed by atoms with Crippen LogP contribution in [0.1, 0.15) is 18.4 Å². The summed E-state index contributed by atoms with van der Waals surface area (Å²) >= 11 is 11.7. The highest BCUT2D eigenvalue weighted by Crippen LogP contribution is 2.33. The van der Waals surface area contributed by atoms with Gasteiger partial charge in [-0.1, -0.05) is 23.2 Å². The quantitative estimate of drug-likeness (QED) is 0.868. The average molecular weight is 329 g/mol. The van der Waals surface area contributed by atoms with E-state index < -0.39 is 6.04 Å². The van der Waals surface area contributed by atoms with E-state index in [-0.39, 0.29) is 33.7 Å². The molecule has 5 nitrogen and oxygen atoms in total. The summed E-state index contributed by atoms with van der Waals surface area (Å²) in [5, 5.41) is 12.6. The first-order valence-electron chi connectivity index (χ1n) is 6.75. The van der Waals surface area contributed by atoms with Crippen LogP contribution in [-0.2, 0) is 16.0 Å². The lowest BCUT2D eigenvalue weighted by Gasteiger charge is -2.34. The first-order valence-corrected chi connectivity index (χ1v) is 7.50. The van der Waals surface area contributed by atoms with Gasteiger partial charge in [0.2, 0.25) is 11.8 Å². The topological polar surface area (TPSA) is 69.6 Å². The van der Waals surface area contributed by atoms with Crippen LogP contribution < -0.4 is 5.32 Å². The van der Waals surface area contributed by atoms with E-state index >= 15 is 0 Å². The highest BCUT2D eigenvalue weighted by atomic mass is 35.5. The largest absolute Gasteiger partial charge is 0.505 e. The van der Waals surface area contributed by atoms with Crippen molar-refractivity contribution in [3.05, 3.63) is 27.7 Å². The Hall–Kier alpha value is -1.46. The van der Waals surface area contributed by atoms with Crippen molar-refractivity contribution in [2.24, 2.45) is 0 Å². The molecule has 21 heavy (non-hydrogen) atoms. The predicted molar refractivity (Wildman–Crippen MR) is 78.5 cm³/mol. The van der Waals surface area contributed by atoms with Crippen LogP contribution in [0.4, 0.5) is 0 Å². The standard InChI is InChI=1S/C14H14Cl2N2O3/c15-8-4-7(5-9(16)12(8)19)6-10-14(21)18-3-1-2-11(18)13(20)17-10/h4-5,10-11,19H,1-3,6H2,(H,17,20)/t10?,11-/m1/s1. The molecule has 0 spiro atoms. The molecule has 1 unspecified atom stereocenters. The summed E-state index contributed by atoms with van der Waals surface area (Å²) in [6.07, 6.45) is 1.88. The molecule has 2 saturated heterocycles. The number of piperazine rings is 1. The molecule has 0 aromatic heterocycles. The number of aromatic hydroxyl groups is 1. The van der Waals surface area contributed by atoms with Crippen molar-refractivity contribution < 1.29 is 14.7 Å². The number of halogens is 2. The molecule has 0 saturated carbocycles. The summed E-state index contributed by atoms with van der Waals surface area (Å²) in [7, 11) is 0. The van der Waals surface area contributed by atoms with E-state index in [1.807, 2.05) is 0 Å². The number of hydrogen-bond acceptors (Lipinski definition) is 3. The van der Waals surface area contributed by atoms with E-state index in [0.29, 0.717) is 18.5 Å². The Balaban J connectivity index is 1.81. The van der Waals surface area contributed by atoms with E-state index in [9.17, 15) is 14.7 Å². The number of amides is 2. The van der Waals surface area contributed by atoms with E-state index in [2.05, 4.69) is 5.32 Å². The number of nitrogens with one attached hydrogen (secondary N) is 1. The Morgan fingerprint density at radius 2 is 1.95 bits per heavy atom. The van der Waals surface area contributed by atoms with Crippen molar-refractivity contribution in [2.75, 3.05) is 6.54 Å². The summed E-state index contributed by atoms with van der Waals surface area (Å²) < 4.78 is 0. The van der Waals surface area contributed by atoms with Crippen molar-refractivity contribution >= 4 is 35.0 Å². The summed E-state index contributed by atoms with van der Waals surface area (Å²) in [6.45, 7) is 0.629. The summed E-state index contributed by atoms with van der Waals surface area (Å²) in [5.74, 6) is -0.355. The molecule has 2 atom stereocenters. The summed E-state index contributed by atoms with van der Waals surface area (Å²) in [6, 6.07) is 2.18. The number of nitrogens with zero attached hydrogens (tertiary/aromatic N) is 1. The smallest absolute Gasteiger partial charge is 0.246 e. The van der Waals surface area contributed by atoms with E-state index in [4.69, 9.17) is 23.2 Å². The first kappa shape index (κ1) is 14.5. The lowest BCUT2D eigenvalue weighted by Crippen LogP contribution is -2.61. The number of phenols is 1. The third-order valence-electron chi connectivity index (χ3n) is 3.97. The zero-order valence-electron chi connectivity index (χ0n) is 11.1. The van der Waals surface area contributed by atoms with Gasteiger partial charge in [0, 0.05) is 13.0 Å². The van der Waals surface area contributed by atoms with Crippen LogP contribution >= 0.6 is 23.2 Å². The molecular formula is C14H14Cl2N2O3. The monoisotopic (exact) mass is 328 g/mol. The number of carbonyl (C=O) groups excluding carboxylic acids is 2. The minimum absolute atomic E-state index is 0.0718. The van der Waals surface area contributed by atoms with Gasteiger partial charge in [-0.2, -0.15) is 0 Å². The van der Waals surface area contributed by atoms with E-state index in [1.165, 1.54) is 0 Å². The SMILES string of the molecule is O=C1NC(Cc2cc(Cl)c(O)c(Cl)c2)C(=O)N2CCC[C@H]12. The van der Waals surface area contributed by atoms with Crippen LogP contribution in [0.15, 0.2) is 12.1 Å². The number of rotatable bonds is 2. The third kappa shape index (κ3) is 2.56. The molecule has 112 valence electrons. The van der Waals surface area contributed by atoms with Gasteiger partial charge in [-0.15, -0.1) is 0 Å². The molecule has 2 fully saturated rings. The second-order valence-electron chi connectivity index (χ2n) is 5.36. The van der Waals surface area contributed by atoms with Gasteiger partial charge in [-0.05, 0) is 30.5 Å². The molecule has 3 rings (SSSR count). The van der Waals surface area contributed by atoms with E-state index in [0.717, 1.165) is 12.8 Å². The van der Waals surface area contributed by atoms with Gasteiger partial charge in [0.15, 0.2) is 5.75 Å². The second kappa shape index (κ2) is 5.39. The normalized spacial score (nSPS) is 25.0. The number of phenolic OH excluding ortho intramolecular Hbond substituents is 1. The zero-order valence-corrected chi connectivity index (χ0v) is 12.6. The summed E-state index contributed by atoms with van der Waals surface area (Å²) in [4.78, 5) is 26.0. The van der Waals surface area contributed by atoms with Crippen molar-refractivity contribution in [1.82, 2.24) is 10.2 Å². The van der Waals surface area contributed by atoms with Crippen molar-refractivity contribution in [3.8, 4) is 5.75 Å². The minimum Gasteiger partial charge on any atom is -0.505 e. The highest BCUT2D eigenvalue weighted by Gasteiger charge is 2.42. The molecule has 0 bridgehead atoms. The van der Waals surface area contributed by atoms with Gasteiger partial charge >= 0.3 is 0 Å². The fraction of sp³-hybridized carbons (Fsp3) is 0.429. The Bertz CT molecular complexity index is 597. The molecule has 7 heteroatoms. The Morgan fingerprint density at radius 3 is 2.62 bits per heavy atom. The Kier molecular flexibility index (Phi) is 3.71. The maximum absolute atomic E-state index is 12.4. The molecule has 0 aliphatic carbocycles. The molecule has 2 heterocycles. The van der Waals surface area contributed by atoms with Crippen molar-refractivity contribution in [3.63, 3.8) is 0 Å². The maximum atomic E-state index is 12.4. The van der Waals surface area contributed by atoms with Crippen LogP contribution in [0.5, 0.6) is 5.75 Å². The maximum Gasteiger partial charge on any atom is 0.246 e. The molecular weight excluding hydrogens is 315 g/mol. The van der Waals surface area contributed by atoms with Crippen LogP contribution in [0.3, 0.4) is 0 Å². The van der Waals surface area contributed by atoms with Crippen LogP contribution in [0.25, 0.3) is 0 Å². The van der Waals surface area contributed by atoms with Gasteiger partial charge in [-0.25, -0.2) is 0 Å². The molecule has 2 N–H and O–H groups in total. The number of carbonyl (C=O) groups is 2. The predicted octanol–water partition coefficient (Wildman–Crippen LogP) is 1.73. The molecule has 0 radical (unpaired) electrons. The molecule has 2 amide bonds. The molecule has 1 aromatic carbocycles. The number of benzene rings is 1. The van der Waals surface area contributed by atoms with Crippen LogP contribution in [0.2, 0.25) is 10.0 Å². The van der Waals surface area contributed by atoms with Gasteiger partial charge in [-0.3, -0.25) is 9.59 Å². The molecule has 2 aliphatic rings. The average Bonchev–Trinajstić information content (AvgIpc) is 2.92. The molecule has 1 aromatic rings. The number of hydrogen-bond donors (Lipinski definition) is 2. The minimum atomic E-state index is -0.608. The Morgan fingerprint density at radius 1 is 1.29 bits per heavy atom.